The third-order valence-corrected chi connectivity index (χ3v) is 4.18. The first-order valence-electron chi connectivity index (χ1n) is 4.93. The summed E-state index contributed by atoms with van der Waals surface area (Å²) in [5, 5.41) is 1.60. The van der Waals surface area contributed by atoms with E-state index in [2.05, 4.69) is 19.9 Å². The molecule has 0 atom stereocenters. The monoisotopic (exact) mass is 279 g/mol. The Morgan fingerprint density at radius 3 is 2.44 bits per heavy atom. The van der Waals surface area contributed by atoms with Crippen LogP contribution in [0.3, 0.4) is 0 Å². The molecular formula is C9H9N7S2. The summed E-state index contributed by atoms with van der Waals surface area (Å²) in [7, 11) is 0. The van der Waals surface area contributed by atoms with Gasteiger partial charge in [0.2, 0.25) is 11.9 Å². The molecule has 0 fully saturated rings. The normalized spacial score (nSPS) is 11.4. The fraction of sp³-hybridized carbons (Fsp3) is 0.111. The van der Waals surface area contributed by atoms with Crippen molar-refractivity contribution in [1.29, 1.82) is 0 Å². The van der Waals surface area contributed by atoms with Gasteiger partial charge in [0.15, 0.2) is 0 Å². The van der Waals surface area contributed by atoms with E-state index < -0.39 is 0 Å². The molecule has 3 aromatic heterocycles. The highest BCUT2D eigenvalue weighted by atomic mass is 32.2. The van der Waals surface area contributed by atoms with E-state index in [1.807, 2.05) is 6.26 Å². The second-order valence-electron chi connectivity index (χ2n) is 3.52. The number of nitrogens with zero attached hydrogens (tertiary/aromatic N) is 4. The van der Waals surface area contributed by atoms with Crippen molar-refractivity contribution < 1.29 is 0 Å². The summed E-state index contributed by atoms with van der Waals surface area (Å²) in [6, 6.07) is 0. The molecule has 0 aromatic carbocycles. The molecule has 0 unspecified atom stereocenters. The zero-order valence-corrected chi connectivity index (χ0v) is 11.0. The van der Waals surface area contributed by atoms with Crippen LogP contribution < -0.4 is 17.2 Å². The smallest absolute Gasteiger partial charge is 0.222 e. The lowest BCUT2D eigenvalue weighted by Crippen LogP contribution is -1.99. The van der Waals surface area contributed by atoms with E-state index in [1.54, 1.807) is 0 Å². The number of nitrogen functional groups attached to an aromatic ring is 3. The largest absolute Gasteiger partial charge is 0.382 e. The summed E-state index contributed by atoms with van der Waals surface area (Å²) < 4.78 is 0.759. The number of thiophene rings is 1. The summed E-state index contributed by atoms with van der Waals surface area (Å²) in [6.07, 6.45) is 1.92. The van der Waals surface area contributed by atoms with Gasteiger partial charge in [-0.25, -0.2) is 15.0 Å². The predicted octanol–water partition coefficient (Wildman–Crippen LogP) is 1.10. The Kier molecular flexibility index (Phi) is 2.38. The van der Waals surface area contributed by atoms with Crippen molar-refractivity contribution in [1.82, 2.24) is 19.9 Å². The Morgan fingerprint density at radius 1 is 1.00 bits per heavy atom. The zero-order valence-electron chi connectivity index (χ0n) is 9.34. The Hall–Kier alpha value is -1.87. The minimum absolute atomic E-state index is 0.142. The summed E-state index contributed by atoms with van der Waals surface area (Å²) in [5.41, 5.74) is 17.8. The number of hydrogen-bond acceptors (Lipinski definition) is 9. The van der Waals surface area contributed by atoms with Crippen LogP contribution in [0.2, 0.25) is 0 Å². The van der Waals surface area contributed by atoms with E-state index in [9.17, 15) is 0 Å². The minimum atomic E-state index is 0.142. The number of fused-ring (bicyclic) bond motifs is 3. The van der Waals surface area contributed by atoms with Crippen LogP contribution in [0.5, 0.6) is 0 Å². The molecule has 0 saturated carbocycles. The maximum Gasteiger partial charge on any atom is 0.222 e. The van der Waals surface area contributed by atoms with Gasteiger partial charge in [0.1, 0.15) is 21.2 Å². The second kappa shape index (κ2) is 3.82. The van der Waals surface area contributed by atoms with Crippen LogP contribution in [0.4, 0.5) is 17.7 Å². The van der Waals surface area contributed by atoms with Crippen molar-refractivity contribution in [2.24, 2.45) is 0 Å². The highest BCUT2D eigenvalue weighted by Crippen LogP contribution is 2.38. The second-order valence-corrected chi connectivity index (χ2v) is 5.31. The number of aromatic nitrogens is 4. The number of nitrogens with two attached hydrogens (primary N) is 3. The van der Waals surface area contributed by atoms with Gasteiger partial charge in [0.05, 0.1) is 10.1 Å². The average molecular weight is 279 g/mol. The fourth-order valence-electron chi connectivity index (χ4n) is 1.71. The van der Waals surface area contributed by atoms with Gasteiger partial charge in [-0.2, -0.15) is 4.98 Å². The molecule has 0 spiro atoms. The van der Waals surface area contributed by atoms with Gasteiger partial charge in [0.25, 0.3) is 0 Å². The highest BCUT2D eigenvalue weighted by Gasteiger charge is 2.17. The van der Waals surface area contributed by atoms with Gasteiger partial charge in [-0.1, -0.05) is 0 Å². The standard InChI is InChI=1S/C9H9N7S2/c1-17-6-2-3-4(5(10)14-8(11)13-3)18-7(2)16-9(12)15-6/h1H3,(H2,12,15,16)(H4,10,11,13,14). The summed E-state index contributed by atoms with van der Waals surface area (Å²) in [4.78, 5) is 17.3. The van der Waals surface area contributed by atoms with E-state index in [0.29, 0.717) is 11.3 Å². The zero-order chi connectivity index (χ0) is 12.9. The van der Waals surface area contributed by atoms with Crippen LogP contribution in [0.25, 0.3) is 20.4 Å². The van der Waals surface area contributed by atoms with Crippen molar-refractivity contribution in [3.05, 3.63) is 0 Å². The molecule has 0 aliphatic carbocycles. The molecule has 0 bridgehead atoms. The number of rotatable bonds is 1. The van der Waals surface area contributed by atoms with Crippen molar-refractivity contribution >= 4 is 61.2 Å². The Morgan fingerprint density at radius 2 is 1.72 bits per heavy atom. The van der Waals surface area contributed by atoms with Gasteiger partial charge in [0, 0.05) is 0 Å². The molecule has 6 N–H and O–H groups in total. The Labute approximate surface area is 110 Å². The molecule has 0 aliphatic heterocycles. The van der Waals surface area contributed by atoms with Crippen LogP contribution in [-0.2, 0) is 0 Å². The molecule has 3 heterocycles. The van der Waals surface area contributed by atoms with Gasteiger partial charge < -0.3 is 17.2 Å². The van der Waals surface area contributed by atoms with Gasteiger partial charge in [-0.3, -0.25) is 0 Å². The predicted molar refractivity (Wildman–Crippen MR) is 75.5 cm³/mol. The third kappa shape index (κ3) is 1.51. The molecule has 0 saturated heterocycles. The third-order valence-electron chi connectivity index (χ3n) is 2.40. The lowest BCUT2D eigenvalue weighted by Gasteiger charge is -2.00. The van der Waals surface area contributed by atoms with Crippen molar-refractivity contribution in [2.45, 2.75) is 5.03 Å². The Balaban J connectivity index is 2.57. The number of hydrogen-bond donors (Lipinski definition) is 3. The van der Waals surface area contributed by atoms with Gasteiger partial charge in [-0.15, -0.1) is 23.1 Å². The quantitative estimate of drug-likeness (QED) is 0.446. The van der Waals surface area contributed by atoms with Crippen molar-refractivity contribution in [3.63, 3.8) is 0 Å². The van der Waals surface area contributed by atoms with Crippen molar-refractivity contribution in [2.75, 3.05) is 23.5 Å². The summed E-state index contributed by atoms with van der Waals surface area (Å²) in [5.74, 6) is 0.729. The first-order valence-corrected chi connectivity index (χ1v) is 6.97. The van der Waals surface area contributed by atoms with Crippen molar-refractivity contribution in [3.8, 4) is 0 Å². The molecular weight excluding hydrogens is 270 g/mol. The lowest BCUT2D eigenvalue weighted by molar-refractivity contribution is 1.13. The molecule has 7 nitrogen and oxygen atoms in total. The lowest BCUT2D eigenvalue weighted by atomic mass is 10.3. The average Bonchev–Trinajstić information content (AvgIpc) is 2.66. The Bertz CT molecular complexity index is 767. The molecule has 0 amide bonds. The maximum absolute atomic E-state index is 5.84. The summed E-state index contributed by atoms with van der Waals surface area (Å²) in [6.45, 7) is 0. The van der Waals surface area contributed by atoms with Crippen LogP contribution in [0, 0.1) is 0 Å². The topological polar surface area (TPSA) is 130 Å². The SMILES string of the molecule is CSc1nc(N)nc2sc3c(N)nc(N)nc3c12. The fourth-order valence-corrected chi connectivity index (χ4v) is 3.38. The van der Waals surface area contributed by atoms with E-state index in [0.717, 1.165) is 19.9 Å². The molecule has 18 heavy (non-hydrogen) atoms. The van der Waals surface area contributed by atoms with E-state index in [4.69, 9.17) is 17.2 Å². The van der Waals surface area contributed by atoms with E-state index >= 15 is 0 Å². The molecule has 9 heteroatoms. The molecule has 3 aromatic rings. The molecule has 0 aliphatic rings. The van der Waals surface area contributed by atoms with Crippen LogP contribution in [0.1, 0.15) is 0 Å². The summed E-state index contributed by atoms with van der Waals surface area (Å²) >= 11 is 2.87. The molecule has 3 rings (SSSR count). The highest BCUT2D eigenvalue weighted by molar-refractivity contribution is 7.98. The van der Waals surface area contributed by atoms with E-state index in [-0.39, 0.29) is 11.9 Å². The van der Waals surface area contributed by atoms with Crippen LogP contribution >= 0.6 is 23.1 Å². The minimum Gasteiger partial charge on any atom is -0.382 e. The number of thioether (sulfide) groups is 1. The molecule has 92 valence electrons. The maximum atomic E-state index is 5.84. The van der Waals surface area contributed by atoms with E-state index in [1.165, 1.54) is 23.1 Å². The molecule has 0 radical (unpaired) electrons. The van der Waals surface area contributed by atoms with Gasteiger partial charge >= 0.3 is 0 Å². The van der Waals surface area contributed by atoms with Gasteiger partial charge in [-0.05, 0) is 6.26 Å². The van der Waals surface area contributed by atoms with Crippen LogP contribution in [0.15, 0.2) is 5.03 Å². The number of anilines is 3. The first-order chi connectivity index (χ1) is 8.60. The van der Waals surface area contributed by atoms with Crippen LogP contribution in [-0.4, -0.2) is 26.2 Å². The first kappa shape index (κ1) is 11.2.